The van der Waals surface area contributed by atoms with Gasteiger partial charge in [0.25, 0.3) is 0 Å². The van der Waals surface area contributed by atoms with Crippen LogP contribution in [0.1, 0.15) is 17.1 Å². The van der Waals surface area contributed by atoms with Crippen LogP contribution in [0.3, 0.4) is 0 Å². The van der Waals surface area contributed by atoms with Gasteiger partial charge in [0.15, 0.2) is 0 Å². The van der Waals surface area contributed by atoms with E-state index in [-0.39, 0.29) is 5.91 Å². The van der Waals surface area contributed by atoms with Gasteiger partial charge in [0.2, 0.25) is 5.91 Å². The molecule has 0 bridgehead atoms. The summed E-state index contributed by atoms with van der Waals surface area (Å²) in [6, 6.07) is 0. The minimum atomic E-state index is -0.0164. The minimum absolute atomic E-state index is 0.0164. The van der Waals surface area contributed by atoms with Crippen LogP contribution < -0.4 is 16.8 Å². The molecule has 0 radical (unpaired) electrons. The topological polar surface area (TPSA) is 94.0 Å². The van der Waals surface area contributed by atoms with Crippen molar-refractivity contribution in [1.82, 2.24) is 10.3 Å². The summed E-state index contributed by atoms with van der Waals surface area (Å²) in [5.74, 6) is -0.0164. The van der Waals surface area contributed by atoms with E-state index in [1.807, 2.05) is 5.38 Å². The zero-order valence-corrected chi connectivity index (χ0v) is 9.35. The second kappa shape index (κ2) is 6.49. The summed E-state index contributed by atoms with van der Waals surface area (Å²) < 4.78 is 0. The third kappa shape index (κ3) is 4.37. The number of amides is 1. The van der Waals surface area contributed by atoms with Crippen molar-refractivity contribution in [2.75, 3.05) is 13.1 Å². The fourth-order valence-corrected chi connectivity index (χ4v) is 1.76. The van der Waals surface area contributed by atoms with Crippen molar-refractivity contribution >= 4 is 17.2 Å². The highest BCUT2D eigenvalue weighted by Crippen LogP contribution is 2.08. The smallest absolute Gasteiger partial charge is 0.226 e. The molecule has 0 atom stereocenters. The number of nitrogens with one attached hydrogen (secondary N) is 1. The van der Waals surface area contributed by atoms with E-state index >= 15 is 0 Å². The van der Waals surface area contributed by atoms with Gasteiger partial charge in [-0.15, -0.1) is 11.3 Å². The van der Waals surface area contributed by atoms with Crippen LogP contribution in [0, 0.1) is 0 Å². The van der Waals surface area contributed by atoms with E-state index in [1.165, 1.54) is 11.3 Å². The monoisotopic (exact) mass is 228 g/mol. The molecule has 0 spiro atoms. The molecule has 1 rings (SSSR count). The molecule has 5 N–H and O–H groups in total. The lowest BCUT2D eigenvalue weighted by Gasteiger charge is -2.01. The highest BCUT2D eigenvalue weighted by molar-refractivity contribution is 7.09. The minimum Gasteiger partial charge on any atom is -0.356 e. The van der Waals surface area contributed by atoms with Gasteiger partial charge in [0, 0.05) is 18.5 Å². The molecule has 1 aromatic rings. The fourth-order valence-electron chi connectivity index (χ4n) is 1.08. The summed E-state index contributed by atoms with van der Waals surface area (Å²) in [5.41, 5.74) is 11.5. The first-order chi connectivity index (χ1) is 7.26. The molecular weight excluding hydrogens is 212 g/mol. The summed E-state index contributed by atoms with van der Waals surface area (Å²) >= 11 is 1.48. The van der Waals surface area contributed by atoms with Gasteiger partial charge in [-0.25, -0.2) is 4.98 Å². The summed E-state index contributed by atoms with van der Waals surface area (Å²) in [6.07, 6.45) is 1.12. The number of nitrogens with zero attached hydrogens (tertiary/aromatic N) is 1. The first kappa shape index (κ1) is 12.1. The lowest BCUT2D eigenvalue weighted by Crippen LogP contribution is -2.27. The average molecular weight is 228 g/mol. The number of carbonyl (C=O) groups is 1. The Morgan fingerprint density at radius 2 is 2.33 bits per heavy atom. The maximum Gasteiger partial charge on any atom is 0.226 e. The Morgan fingerprint density at radius 3 is 2.93 bits per heavy atom. The Hall–Kier alpha value is -0.980. The molecule has 0 unspecified atom stereocenters. The van der Waals surface area contributed by atoms with Crippen LogP contribution in [0.4, 0.5) is 0 Å². The maximum atomic E-state index is 11.4. The fraction of sp³-hybridized carbons (Fsp3) is 0.556. The van der Waals surface area contributed by atoms with Crippen LogP contribution in [0.5, 0.6) is 0 Å². The van der Waals surface area contributed by atoms with E-state index in [4.69, 9.17) is 11.5 Å². The van der Waals surface area contributed by atoms with Crippen LogP contribution in [-0.2, 0) is 17.8 Å². The number of hydrogen-bond donors (Lipinski definition) is 3. The van der Waals surface area contributed by atoms with Gasteiger partial charge in [0.05, 0.1) is 12.1 Å². The second-order valence-corrected chi connectivity index (χ2v) is 4.05. The van der Waals surface area contributed by atoms with Crippen LogP contribution in [0.2, 0.25) is 0 Å². The van der Waals surface area contributed by atoms with E-state index in [1.54, 1.807) is 0 Å². The van der Waals surface area contributed by atoms with E-state index in [0.29, 0.717) is 26.1 Å². The van der Waals surface area contributed by atoms with Gasteiger partial charge in [-0.3, -0.25) is 4.79 Å². The van der Waals surface area contributed by atoms with Crippen LogP contribution in [0.15, 0.2) is 5.38 Å². The van der Waals surface area contributed by atoms with E-state index < -0.39 is 0 Å². The number of thiazole rings is 1. The average Bonchev–Trinajstić information content (AvgIpc) is 2.66. The predicted molar refractivity (Wildman–Crippen MR) is 60.4 cm³/mol. The molecule has 1 aromatic heterocycles. The zero-order valence-electron chi connectivity index (χ0n) is 8.53. The zero-order chi connectivity index (χ0) is 11.1. The predicted octanol–water partition coefficient (Wildman–Crippen LogP) is -0.391. The molecule has 15 heavy (non-hydrogen) atoms. The van der Waals surface area contributed by atoms with Gasteiger partial charge >= 0.3 is 0 Å². The molecule has 1 amide bonds. The third-order valence-electron chi connectivity index (χ3n) is 1.82. The Bertz CT molecular complexity index is 313. The van der Waals surface area contributed by atoms with Gasteiger partial charge in [-0.2, -0.15) is 0 Å². The van der Waals surface area contributed by atoms with E-state index in [2.05, 4.69) is 10.3 Å². The first-order valence-electron chi connectivity index (χ1n) is 4.86. The summed E-state index contributed by atoms with van der Waals surface area (Å²) in [5, 5.41) is 5.50. The normalized spacial score (nSPS) is 10.3. The van der Waals surface area contributed by atoms with Crippen molar-refractivity contribution in [3.8, 4) is 0 Å². The van der Waals surface area contributed by atoms with Crippen molar-refractivity contribution in [3.63, 3.8) is 0 Å². The van der Waals surface area contributed by atoms with Gasteiger partial charge in [-0.1, -0.05) is 0 Å². The molecule has 5 nitrogen and oxygen atoms in total. The number of aromatic nitrogens is 1. The molecule has 0 aliphatic rings. The Labute approximate surface area is 92.9 Å². The van der Waals surface area contributed by atoms with Crippen molar-refractivity contribution in [1.29, 1.82) is 0 Å². The maximum absolute atomic E-state index is 11.4. The van der Waals surface area contributed by atoms with E-state index in [0.717, 1.165) is 17.1 Å². The SMILES string of the molecule is NCCCNC(=O)Cc1csc(CN)n1. The van der Waals surface area contributed by atoms with Gasteiger partial charge < -0.3 is 16.8 Å². The lowest BCUT2D eigenvalue weighted by atomic mass is 10.3. The molecule has 0 saturated carbocycles. The second-order valence-electron chi connectivity index (χ2n) is 3.11. The molecule has 0 saturated heterocycles. The van der Waals surface area contributed by atoms with Crippen LogP contribution in [0.25, 0.3) is 0 Å². The highest BCUT2D eigenvalue weighted by atomic mass is 32.1. The lowest BCUT2D eigenvalue weighted by molar-refractivity contribution is -0.120. The van der Waals surface area contributed by atoms with Crippen molar-refractivity contribution in [3.05, 3.63) is 16.1 Å². The molecule has 0 aliphatic heterocycles. The Morgan fingerprint density at radius 1 is 1.53 bits per heavy atom. The molecule has 0 aromatic carbocycles. The quantitative estimate of drug-likeness (QED) is 0.578. The molecule has 0 fully saturated rings. The number of hydrogen-bond acceptors (Lipinski definition) is 5. The number of rotatable bonds is 6. The van der Waals surface area contributed by atoms with Crippen molar-refractivity contribution in [2.24, 2.45) is 11.5 Å². The van der Waals surface area contributed by atoms with Crippen molar-refractivity contribution < 1.29 is 4.79 Å². The van der Waals surface area contributed by atoms with E-state index in [9.17, 15) is 4.79 Å². The van der Waals surface area contributed by atoms with Crippen LogP contribution >= 0.6 is 11.3 Å². The molecular formula is C9H16N4OS. The molecule has 0 aliphatic carbocycles. The van der Waals surface area contributed by atoms with Crippen LogP contribution in [-0.4, -0.2) is 24.0 Å². The first-order valence-corrected chi connectivity index (χ1v) is 5.74. The van der Waals surface area contributed by atoms with Gasteiger partial charge in [-0.05, 0) is 13.0 Å². The Balaban J connectivity index is 2.31. The summed E-state index contributed by atoms with van der Waals surface area (Å²) in [6.45, 7) is 1.65. The number of carbonyl (C=O) groups excluding carboxylic acids is 1. The highest BCUT2D eigenvalue weighted by Gasteiger charge is 2.06. The largest absolute Gasteiger partial charge is 0.356 e. The summed E-state index contributed by atoms with van der Waals surface area (Å²) in [7, 11) is 0. The Kier molecular flexibility index (Phi) is 5.23. The summed E-state index contributed by atoms with van der Waals surface area (Å²) in [4.78, 5) is 15.6. The molecule has 1 heterocycles. The number of nitrogens with two attached hydrogens (primary N) is 2. The van der Waals surface area contributed by atoms with Crippen molar-refractivity contribution in [2.45, 2.75) is 19.4 Å². The molecule has 6 heteroatoms. The van der Waals surface area contributed by atoms with Gasteiger partial charge in [0.1, 0.15) is 5.01 Å². The third-order valence-corrected chi connectivity index (χ3v) is 2.74. The standard InChI is InChI=1S/C9H16N4OS/c10-2-1-3-12-8(14)4-7-6-15-9(5-11)13-7/h6H,1-5,10-11H2,(H,12,14). The molecule has 84 valence electrons.